The summed E-state index contributed by atoms with van der Waals surface area (Å²) in [5, 5.41) is 0. The van der Waals surface area contributed by atoms with Crippen molar-refractivity contribution in [1.82, 2.24) is 9.97 Å². The quantitative estimate of drug-likeness (QED) is 0.925. The van der Waals surface area contributed by atoms with Gasteiger partial charge in [-0.3, -0.25) is 4.99 Å². The fourth-order valence-corrected chi connectivity index (χ4v) is 3.37. The van der Waals surface area contributed by atoms with Crippen molar-refractivity contribution >= 4 is 11.5 Å². The van der Waals surface area contributed by atoms with Crippen molar-refractivity contribution in [1.29, 1.82) is 0 Å². The molecule has 6 heteroatoms. The van der Waals surface area contributed by atoms with E-state index in [9.17, 15) is 0 Å². The van der Waals surface area contributed by atoms with E-state index in [1.807, 2.05) is 26.0 Å². The molecular formula is C19H23N5O. The molecule has 0 bridgehead atoms. The van der Waals surface area contributed by atoms with E-state index in [2.05, 4.69) is 27.0 Å². The van der Waals surface area contributed by atoms with Crippen molar-refractivity contribution in [2.45, 2.75) is 39.0 Å². The highest BCUT2D eigenvalue weighted by atomic mass is 16.5. The van der Waals surface area contributed by atoms with Gasteiger partial charge in [-0.2, -0.15) is 0 Å². The molecular weight excluding hydrogens is 314 g/mol. The zero-order chi connectivity index (χ0) is 17.4. The van der Waals surface area contributed by atoms with E-state index in [0.717, 1.165) is 48.0 Å². The summed E-state index contributed by atoms with van der Waals surface area (Å²) in [6, 6.07) is 8.40. The first-order chi connectivity index (χ1) is 12.1. The molecule has 4 rings (SSSR count). The van der Waals surface area contributed by atoms with E-state index < -0.39 is 0 Å². The van der Waals surface area contributed by atoms with Crippen molar-refractivity contribution in [2.24, 2.45) is 10.7 Å². The van der Waals surface area contributed by atoms with Crippen LogP contribution in [0.4, 0.5) is 5.82 Å². The number of anilines is 1. The Balaban J connectivity index is 1.64. The predicted octanol–water partition coefficient (Wildman–Crippen LogP) is 2.15. The Labute approximate surface area is 147 Å². The Morgan fingerprint density at radius 2 is 2.12 bits per heavy atom. The minimum atomic E-state index is 0.143. The van der Waals surface area contributed by atoms with Crippen molar-refractivity contribution in [3.63, 3.8) is 0 Å². The Morgan fingerprint density at radius 1 is 1.24 bits per heavy atom. The lowest BCUT2D eigenvalue weighted by atomic mass is 10.0. The lowest BCUT2D eigenvalue weighted by molar-refractivity contribution is 0.242. The number of nitrogens with zero attached hydrogens (tertiary/aromatic N) is 4. The number of nitrogens with two attached hydrogens (primary N) is 1. The van der Waals surface area contributed by atoms with E-state index in [-0.39, 0.29) is 12.1 Å². The number of aromatic nitrogens is 2. The van der Waals surface area contributed by atoms with Gasteiger partial charge in [0.25, 0.3) is 0 Å². The third-order valence-corrected chi connectivity index (χ3v) is 4.56. The zero-order valence-electron chi connectivity index (χ0n) is 14.6. The first-order valence-corrected chi connectivity index (χ1v) is 8.77. The summed E-state index contributed by atoms with van der Waals surface area (Å²) in [6.07, 6.45) is 2.76. The van der Waals surface area contributed by atoms with Gasteiger partial charge in [-0.25, -0.2) is 9.97 Å². The average molecular weight is 337 g/mol. The molecule has 0 unspecified atom stereocenters. The molecule has 1 aromatic carbocycles. The van der Waals surface area contributed by atoms with Crippen molar-refractivity contribution in [2.75, 3.05) is 18.0 Å². The van der Waals surface area contributed by atoms with Gasteiger partial charge in [0.2, 0.25) is 0 Å². The molecule has 2 aliphatic heterocycles. The van der Waals surface area contributed by atoms with Gasteiger partial charge < -0.3 is 15.4 Å². The van der Waals surface area contributed by atoms with E-state index in [1.54, 1.807) is 6.33 Å². The summed E-state index contributed by atoms with van der Waals surface area (Å²) in [5.41, 5.74) is 10.1. The number of hydrogen-bond donors (Lipinski definition) is 1. The molecule has 0 saturated carbocycles. The van der Waals surface area contributed by atoms with Crippen LogP contribution in [0, 0.1) is 0 Å². The van der Waals surface area contributed by atoms with E-state index in [0.29, 0.717) is 6.54 Å². The molecule has 0 aliphatic carbocycles. The van der Waals surface area contributed by atoms with Crippen LogP contribution < -0.4 is 15.4 Å². The largest absolute Gasteiger partial charge is 0.491 e. The molecule has 2 aliphatic rings. The van der Waals surface area contributed by atoms with Crippen LogP contribution in [0.3, 0.4) is 0 Å². The predicted molar refractivity (Wildman–Crippen MR) is 98.4 cm³/mol. The standard InChI is InChI=1S/C19H23N5O/c1-12(2)25-15-4-3-13-9-21-19(16(13)7-15)17-8-18(23-11-22-17)24-6-5-14(20)10-24/h3-4,7-8,11-12,14H,5-6,9-10,20H2,1-2H3/t14-/m1/s1. The summed E-state index contributed by atoms with van der Waals surface area (Å²) >= 11 is 0. The van der Waals surface area contributed by atoms with Crippen LogP contribution in [0.1, 0.15) is 37.1 Å². The number of aliphatic imine (C=N–C) groups is 1. The van der Waals surface area contributed by atoms with Crippen LogP contribution in [0.25, 0.3) is 0 Å². The van der Waals surface area contributed by atoms with Gasteiger partial charge in [0.15, 0.2) is 0 Å². The van der Waals surface area contributed by atoms with Gasteiger partial charge >= 0.3 is 0 Å². The highest BCUT2D eigenvalue weighted by Crippen LogP contribution is 2.28. The SMILES string of the molecule is CC(C)Oc1ccc2c(c1)C(c1cc(N3CC[C@@H](N)C3)ncn1)=NC2. The molecule has 6 nitrogen and oxygen atoms in total. The lowest BCUT2D eigenvalue weighted by Gasteiger charge is -2.17. The summed E-state index contributed by atoms with van der Waals surface area (Å²) in [4.78, 5) is 15.8. The maximum atomic E-state index is 6.02. The fourth-order valence-electron chi connectivity index (χ4n) is 3.37. The first kappa shape index (κ1) is 16.0. The van der Waals surface area contributed by atoms with Gasteiger partial charge in [-0.1, -0.05) is 6.07 Å². The van der Waals surface area contributed by atoms with Crippen LogP contribution in [0.15, 0.2) is 35.6 Å². The zero-order valence-corrected chi connectivity index (χ0v) is 14.6. The van der Waals surface area contributed by atoms with E-state index >= 15 is 0 Å². The van der Waals surface area contributed by atoms with Crippen molar-refractivity contribution in [3.8, 4) is 5.75 Å². The highest BCUT2D eigenvalue weighted by molar-refractivity contribution is 6.14. The number of ether oxygens (including phenoxy) is 1. The van der Waals surface area contributed by atoms with Crippen LogP contribution >= 0.6 is 0 Å². The normalized spacial score (nSPS) is 19.3. The molecule has 1 aromatic heterocycles. The number of hydrogen-bond acceptors (Lipinski definition) is 6. The minimum Gasteiger partial charge on any atom is -0.491 e. The fraction of sp³-hybridized carbons (Fsp3) is 0.421. The number of rotatable bonds is 4. The topological polar surface area (TPSA) is 76.6 Å². The van der Waals surface area contributed by atoms with Gasteiger partial charge in [-0.15, -0.1) is 0 Å². The second-order valence-corrected chi connectivity index (χ2v) is 6.91. The van der Waals surface area contributed by atoms with Crippen molar-refractivity contribution in [3.05, 3.63) is 47.4 Å². The molecule has 2 N–H and O–H groups in total. The van der Waals surface area contributed by atoms with E-state index in [1.165, 1.54) is 5.56 Å². The van der Waals surface area contributed by atoms with Gasteiger partial charge in [0, 0.05) is 30.8 Å². The Hall–Kier alpha value is -2.47. The van der Waals surface area contributed by atoms with Crippen molar-refractivity contribution < 1.29 is 4.74 Å². The molecule has 25 heavy (non-hydrogen) atoms. The van der Waals surface area contributed by atoms with Crippen LogP contribution in [-0.2, 0) is 6.54 Å². The molecule has 3 heterocycles. The molecule has 0 radical (unpaired) electrons. The lowest BCUT2D eigenvalue weighted by Crippen LogP contribution is -2.27. The second kappa shape index (κ2) is 6.44. The monoisotopic (exact) mass is 337 g/mol. The smallest absolute Gasteiger partial charge is 0.132 e. The van der Waals surface area contributed by atoms with Gasteiger partial charge in [0.05, 0.1) is 24.1 Å². The Bertz CT molecular complexity index is 817. The first-order valence-electron chi connectivity index (χ1n) is 8.77. The van der Waals surface area contributed by atoms with E-state index in [4.69, 9.17) is 15.5 Å². The average Bonchev–Trinajstić information content (AvgIpc) is 3.20. The minimum absolute atomic E-state index is 0.143. The maximum absolute atomic E-state index is 6.02. The third-order valence-electron chi connectivity index (χ3n) is 4.56. The molecule has 2 aromatic rings. The summed E-state index contributed by atoms with van der Waals surface area (Å²) in [7, 11) is 0. The molecule has 0 spiro atoms. The summed E-state index contributed by atoms with van der Waals surface area (Å²) in [6.45, 7) is 6.51. The van der Waals surface area contributed by atoms with Crippen LogP contribution in [-0.4, -0.2) is 40.9 Å². The second-order valence-electron chi connectivity index (χ2n) is 6.91. The van der Waals surface area contributed by atoms with Crippen LogP contribution in [0.5, 0.6) is 5.75 Å². The maximum Gasteiger partial charge on any atom is 0.132 e. The van der Waals surface area contributed by atoms with Crippen LogP contribution in [0.2, 0.25) is 0 Å². The van der Waals surface area contributed by atoms with Gasteiger partial charge in [0.1, 0.15) is 17.9 Å². The number of fused-ring (bicyclic) bond motifs is 1. The molecule has 0 amide bonds. The molecule has 130 valence electrons. The Kier molecular flexibility index (Phi) is 4.13. The Morgan fingerprint density at radius 3 is 2.88 bits per heavy atom. The highest BCUT2D eigenvalue weighted by Gasteiger charge is 2.23. The summed E-state index contributed by atoms with van der Waals surface area (Å²) < 4.78 is 5.83. The number of benzene rings is 1. The van der Waals surface area contributed by atoms with Gasteiger partial charge in [-0.05, 0) is 38.0 Å². The third kappa shape index (κ3) is 3.22. The molecule has 1 fully saturated rings. The summed E-state index contributed by atoms with van der Waals surface area (Å²) in [5.74, 6) is 1.78. The molecule has 1 atom stereocenters. The molecule has 1 saturated heterocycles.